The van der Waals surface area contributed by atoms with Crippen LogP contribution < -0.4 is 10.6 Å². The smallest absolute Gasteiger partial charge is 0.327 e. The van der Waals surface area contributed by atoms with Crippen LogP contribution in [0.5, 0.6) is 0 Å². The lowest BCUT2D eigenvalue weighted by Gasteiger charge is -2.25. The van der Waals surface area contributed by atoms with E-state index in [1.54, 1.807) is 24.3 Å². The molecule has 2 atom stereocenters. The quantitative estimate of drug-likeness (QED) is 0.775. The number of carboxylic acids is 1. The van der Waals surface area contributed by atoms with Gasteiger partial charge in [-0.3, -0.25) is 9.59 Å². The van der Waals surface area contributed by atoms with E-state index in [-0.39, 0.29) is 18.1 Å². The predicted octanol–water partition coefficient (Wildman–Crippen LogP) is 1.35. The molecule has 6 nitrogen and oxygen atoms in total. The molecule has 2 rings (SSSR count). The molecule has 1 fully saturated rings. The summed E-state index contributed by atoms with van der Waals surface area (Å²) in [6.07, 6.45) is -0.0337. The molecule has 0 spiro atoms. The van der Waals surface area contributed by atoms with E-state index in [1.807, 2.05) is 0 Å². The van der Waals surface area contributed by atoms with E-state index in [0.717, 1.165) is 11.8 Å². The third-order valence-corrected chi connectivity index (χ3v) is 4.53. The first-order chi connectivity index (χ1) is 9.97. The van der Waals surface area contributed by atoms with Crippen molar-refractivity contribution in [3.05, 3.63) is 29.3 Å². The van der Waals surface area contributed by atoms with Crippen LogP contribution in [0.15, 0.2) is 24.3 Å². The molecule has 112 valence electrons. The van der Waals surface area contributed by atoms with Gasteiger partial charge in [0.15, 0.2) is 0 Å². The number of para-hydroxylation sites is 1. The highest BCUT2D eigenvalue weighted by Crippen LogP contribution is 2.24. The van der Waals surface area contributed by atoms with Crippen molar-refractivity contribution < 1.29 is 19.5 Å². The number of halogens is 1. The molecule has 1 aromatic rings. The maximum Gasteiger partial charge on any atom is 0.327 e. The molecule has 1 heterocycles. The number of aliphatic carboxylic acids is 1. The average Bonchev–Trinajstić information content (AvgIpc) is 2.43. The maximum atomic E-state index is 11.9. The zero-order chi connectivity index (χ0) is 15.4. The molecule has 0 bridgehead atoms. The molecule has 2 amide bonds. The molecule has 3 N–H and O–H groups in total. The zero-order valence-corrected chi connectivity index (χ0v) is 12.4. The average molecular weight is 329 g/mol. The first-order valence-corrected chi connectivity index (χ1v) is 7.59. The Hall–Kier alpha value is -1.73. The highest BCUT2D eigenvalue weighted by molar-refractivity contribution is 8.00. The number of anilines is 1. The summed E-state index contributed by atoms with van der Waals surface area (Å²) >= 11 is 7.09. The zero-order valence-electron chi connectivity index (χ0n) is 10.8. The summed E-state index contributed by atoms with van der Waals surface area (Å²) in [5.74, 6) is -1.61. The van der Waals surface area contributed by atoms with E-state index < -0.39 is 23.2 Å². The van der Waals surface area contributed by atoms with E-state index in [1.165, 1.54) is 0 Å². The van der Waals surface area contributed by atoms with Crippen molar-refractivity contribution in [2.75, 3.05) is 11.1 Å². The standard InChI is InChI=1S/C13H13ClN2O4S/c14-7-3-1-2-4-8(7)15-11(17)5-10-12(18)16-9(6-21-10)13(19)20/h1-4,9-10H,5-6H2,(H,15,17)(H,16,18)(H,19,20)/t9-,10+/m1/s1. The molecular formula is C13H13ClN2O4S. The van der Waals surface area contributed by atoms with Gasteiger partial charge < -0.3 is 15.7 Å². The second-order valence-corrected chi connectivity index (χ2v) is 6.10. The fourth-order valence-corrected chi connectivity index (χ4v) is 3.13. The lowest BCUT2D eigenvalue weighted by molar-refractivity contribution is -0.141. The lowest BCUT2D eigenvalue weighted by Crippen LogP contribution is -2.51. The van der Waals surface area contributed by atoms with Gasteiger partial charge in [-0.15, -0.1) is 11.8 Å². The molecule has 0 unspecified atom stereocenters. The van der Waals surface area contributed by atoms with Crippen molar-refractivity contribution in [1.29, 1.82) is 0 Å². The van der Waals surface area contributed by atoms with Gasteiger partial charge in [0.2, 0.25) is 11.8 Å². The molecular weight excluding hydrogens is 316 g/mol. The minimum absolute atomic E-state index is 0.0337. The minimum atomic E-state index is -1.07. The van der Waals surface area contributed by atoms with Gasteiger partial charge in [0, 0.05) is 12.2 Å². The molecule has 21 heavy (non-hydrogen) atoms. The number of hydrogen-bond acceptors (Lipinski definition) is 4. The Kier molecular flexibility index (Phi) is 5.08. The summed E-state index contributed by atoms with van der Waals surface area (Å²) in [6.45, 7) is 0. The fraction of sp³-hybridized carbons (Fsp3) is 0.308. The van der Waals surface area contributed by atoms with Crippen LogP contribution in [0.25, 0.3) is 0 Å². The Morgan fingerprint density at radius 3 is 2.76 bits per heavy atom. The number of hydrogen-bond donors (Lipinski definition) is 3. The van der Waals surface area contributed by atoms with Crippen LogP contribution in [-0.2, 0) is 14.4 Å². The van der Waals surface area contributed by atoms with E-state index in [0.29, 0.717) is 10.7 Å². The van der Waals surface area contributed by atoms with Crippen molar-refractivity contribution in [3.63, 3.8) is 0 Å². The van der Waals surface area contributed by atoms with Crippen molar-refractivity contribution in [2.24, 2.45) is 0 Å². The monoisotopic (exact) mass is 328 g/mol. The summed E-state index contributed by atoms with van der Waals surface area (Å²) in [5, 5.41) is 13.7. The third-order valence-electron chi connectivity index (χ3n) is 2.89. The Balaban J connectivity index is 1.90. The van der Waals surface area contributed by atoms with Crippen LogP contribution in [0.3, 0.4) is 0 Å². The summed E-state index contributed by atoms with van der Waals surface area (Å²) in [5.41, 5.74) is 0.480. The molecule has 8 heteroatoms. The number of amides is 2. The fourth-order valence-electron chi connectivity index (χ4n) is 1.81. The number of rotatable bonds is 4. The van der Waals surface area contributed by atoms with E-state index in [2.05, 4.69) is 10.6 Å². The summed E-state index contributed by atoms with van der Waals surface area (Å²) < 4.78 is 0. The molecule has 1 aliphatic rings. The van der Waals surface area contributed by atoms with E-state index >= 15 is 0 Å². The summed E-state index contributed by atoms with van der Waals surface area (Å²) in [6, 6.07) is 5.89. The van der Waals surface area contributed by atoms with Crippen LogP contribution in [0, 0.1) is 0 Å². The number of benzene rings is 1. The van der Waals surface area contributed by atoms with E-state index in [9.17, 15) is 14.4 Å². The normalized spacial score (nSPS) is 21.5. The molecule has 0 saturated carbocycles. The second kappa shape index (κ2) is 6.82. The van der Waals surface area contributed by atoms with Crippen LogP contribution in [-0.4, -0.2) is 39.9 Å². The Morgan fingerprint density at radius 1 is 1.43 bits per heavy atom. The molecule has 0 aliphatic carbocycles. The highest BCUT2D eigenvalue weighted by Gasteiger charge is 2.33. The Morgan fingerprint density at radius 2 is 2.14 bits per heavy atom. The molecule has 1 aliphatic heterocycles. The molecule has 0 aromatic heterocycles. The predicted molar refractivity (Wildman–Crippen MR) is 80.5 cm³/mol. The minimum Gasteiger partial charge on any atom is -0.480 e. The Labute approximate surface area is 130 Å². The van der Waals surface area contributed by atoms with Gasteiger partial charge in [-0.05, 0) is 12.1 Å². The SMILES string of the molecule is O=C(C[C@@H]1SC[C@H](C(=O)O)NC1=O)Nc1ccccc1Cl. The first-order valence-electron chi connectivity index (χ1n) is 6.16. The molecule has 1 aromatic carbocycles. The van der Waals surface area contributed by atoms with Crippen LogP contribution >= 0.6 is 23.4 Å². The number of carboxylic acid groups (broad SMARTS) is 1. The topological polar surface area (TPSA) is 95.5 Å². The van der Waals surface area contributed by atoms with Crippen molar-refractivity contribution in [3.8, 4) is 0 Å². The summed E-state index contributed by atoms with van der Waals surface area (Å²) in [4.78, 5) is 34.5. The van der Waals surface area contributed by atoms with E-state index in [4.69, 9.17) is 16.7 Å². The highest BCUT2D eigenvalue weighted by atomic mass is 35.5. The van der Waals surface area contributed by atoms with Gasteiger partial charge >= 0.3 is 5.97 Å². The van der Waals surface area contributed by atoms with Crippen LogP contribution in [0.2, 0.25) is 5.02 Å². The van der Waals surface area contributed by atoms with Crippen LogP contribution in [0.1, 0.15) is 6.42 Å². The van der Waals surface area contributed by atoms with Gasteiger partial charge in [-0.1, -0.05) is 23.7 Å². The van der Waals surface area contributed by atoms with Crippen molar-refractivity contribution in [1.82, 2.24) is 5.32 Å². The van der Waals surface area contributed by atoms with Gasteiger partial charge in [-0.2, -0.15) is 0 Å². The first kappa shape index (κ1) is 15.7. The lowest BCUT2D eigenvalue weighted by atomic mass is 10.2. The third kappa shape index (κ3) is 4.12. The van der Waals surface area contributed by atoms with Gasteiger partial charge in [0.25, 0.3) is 0 Å². The van der Waals surface area contributed by atoms with Gasteiger partial charge in [-0.25, -0.2) is 4.79 Å². The molecule has 1 saturated heterocycles. The number of carbonyl (C=O) groups excluding carboxylic acids is 2. The Bertz CT molecular complexity index is 581. The molecule has 0 radical (unpaired) electrons. The van der Waals surface area contributed by atoms with Crippen molar-refractivity contribution in [2.45, 2.75) is 17.7 Å². The largest absolute Gasteiger partial charge is 0.480 e. The van der Waals surface area contributed by atoms with Crippen LogP contribution in [0.4, 0.5) is 5.69 Å². The maximum absolute atomic E-state index is 11.9. The second-order valence-electron chi connectivity index (χ2n) is 4.45. The van der Waals surface area contributed by atoms with Gasteiger partial charge in [0.05, 0.1) is 16.0 Å². The number of nitrogens with one attached hydrogen (secondary N) is 2. The summed E-state index contributed by atoms with van der Waals surface area (Å²) in [7, 11) is 0. The van der Waals surface area contributed by atoms with Crippen molar-refractivity contribution >= 4 is 46.8 Å². The number of thioether (sulfide) groups is 1. The number of carbonyl (C=O) groups is 3. The van der Waals surface area contributed by atoms with Gasteiger partial charge in [0.1, 0.15) is 6.04 Å².